The first-order chi connectivity index (χ1) is 14.9. The van der Waals surface area contributed by atoms with Crippen LogP contribution in [-0.4, -0.2) is 30.4 Å². The molecule has 1 amide bonds. The van der Waals surface area contributed by atoms with Gasteiger partial charge in [-0.3, -0.25) is 19.7 Å². The fraction of sp³-hybridized carbons (Fsp3) is 0.0476. The minimum atomic E-state index is -0.534. The second-order valence-electron chi connectivity index (χ2n) is 6.61. The van der Waals surface area contributed by atoms with Crippen LogP contribution in [0.25, 0.3) is 11.4 Å². The number of hydrogen-bond donors (Lipinski definition) is 1. The second-order valence-corrected chi connectivity index (χ2v) is 6.61. The molecule has 4 aromatic rings. The van der Waals surface area contributed by atoms with Gasteiger partial charge in [-0.1, -0.05) is 18.2 Å². The van der Waals surface area contributed by atoms with E-state index in [0.717, 1.165) is 4.68 Å². The number of rotatable bonds is 5. The number of carbonyl (C=O) groups is 1. The van der Waals surface area contributed by atoms with Gasteiger partial charge in [0.1, 0.15) is 11.5 Å². The standard InChI is InChI=1S/C21H16N6O4/c1-14-13-19(25(23-14)16-7-9-17(10-8-16)27(30)31)22-21(29)18-11-12-20(28)26(24-18)15-5-3-2-4-6-15/h2-13H,1H3,(H,22,29). The van der Waals surface area contributed by atoms with Crippen molar-refractivity contribution in [2.24, 2.45) is 0 Å². The van der Waals surface area contributed by atoms with Gasteiger partial charge in [0.2, 0.25) is 0 Å². The van der Waals surface area contributed by atoms with Gasteiger partial charge in [-0.15, -0.1) is 0 Å². The molecule has 31 heavy (non-hydrogen) atoms. The van der Waals surface area contributed by atoms with Crippen LogP contribution in [0.3, 0.4) is 0 Å². The maximum Gasteiger partial charge on any atom is 0.277 e. The van der Waals surface area contributed by atoms with E-state index in [4.69, 9.17) is 0 Å². The molecule has 4 rings (SSSR count). The van der Waals surface area contributed by atoms with E-state index in [9.17, 15) is 19.7 Å². The zero-order chi connectivity index (χ0) is 22.0. The van der Waals surface area contributed by atoms with E-state index in [1.807, 2.05) is 6.07 Å². The van der Waals surface area contributed by atoms with Gasteiger partial charge in [0.05, 0.1) is 22.0 Å². The number of nitro benzene ring substituents is 1. The summed E-state index contributed by atoms with van der Waals surface area (Å²) in [5.74, 6) is -0.177. The Morgan fingerprint density at radius 3 is 2.29 bits per heavy atom. The predicted molar refractivity (Wildman–Crippen MR) is 113 cm³/mol. The van der Waals surface area contributed by atoms with Crippen molar-refractivity contribution in [1.29, 1.82) is 0 Å². The van der Waals surface area contributed by atoms with Crippen molar-refractivity contribution in [3.63, 3.8) is 0 Å². The first kappa shape index (κ1) is 19.7. The Morgan fingerprint density at radius 2 is 1.61 bits per heavy atom. The smallest absolute Gasteiger partial charge is 0.277 e. The molecule has 0 aliphatic carbocycles. The fourth-order valence-corrected chi connectivity index (χ4v) is 2.97. The van der Waals surface area contributed by atoms with Crippen LogP contribution in [0.4, 0.5) is 11.5 Å². The second kappa shape index (κ2) is 8.03. The average Bonchev–Trinajstić information content (AvgIpc) is 3.14. The Kier molecular flexibility index (Phi) is 5.10. The van der Waals surface area contributed by atoms with Crippen LogP contribution >= 0.6 is 0 Å². The van der Waals surface area contributed by atoms with E-state index < -0.39 is 10.8 Å². The number of para-hydroxylation sites is 1. The van der Waals surface area contributed by atoms with Crippen LogP contribution in [0.1, 0.15) is 16.2 Å². The molecule has 154 valence electrons. The Bertz CT molecular complexity index is 1330. The molecule has 0 bridgehead atoms. The number of non-ortho nitro benzene ring substituents is 1. The molecule has 0 saturated heterocycles. The van der Waals surface area contributed by atoms with Gasteiger partial charge in [-0.2, -0.15) is 14.9 Å². The third-order valence-corrected chi connectivity index (χ3v) is 4.41. The number of anilines is 1. The summed E-state index contributed by atoms with van der Waals surface area (Å²) in [6.45, 7) is 1.76. The molecule has 2 aromatic heterocycles. The molecular weight excluding hydrogens is 400 g/mol. The number of benzene rings is 2. The van der Waals surface area contributed by atoms with E-state index in [-0.39, 0.29) is 16.9 Å². The van der Waals surface area contributed by atoms with Crippen LogP contribution < -0.4 is 10.9 Å². The van der Waals surface area contributed by atoms with E-state index >= 15 is 0 Å². The number of carbonyl (C=O) groups excluding carboxylic acids is 1. The number of aromatic nitrogens is 4. The summed E-state index contributed by atoms with van der Waals surface area (Å²) in [7, 11) is 0. The molecule has 10 heteroatoms. The van der Waals surface area contributed by atoms with E-state index in [2.05, 4.69) is 15.5 Å². The molecule has 2 aromatic carbocycles. The molecular formula is C21H16N6O4. The van der Waals surface area contributed by atoms with Gasteiger partial charge in [-0.25, -0.2) is 4.68 Å². The van der Waals surface area contributed by atoms with Crippen molar-refractivity contribution in [3.05, 3.63) is 105 Å². The molecule has 0 radical (unpaired) electrons. The van der Waals surface area contributed by atoms with Gasteiger partial charge in [0.25, 0.3) is 17.2 Å². The van der Waals surface area contributed by atoms with Gasteiger partial charge in [0.15, 0.2) is 0 Å². The van der Waals surface area contributed by atoms with Crippen molar-refractivity contribution < 1.29 is 9.72 Å². The summed E-state index contributed by atoms with van der Waals surface area (Å²) < 4.78 is 2.61. The van der Waals surface area contributed by atoms with E-state index in [1.54, 1.807) is 37.3 Å². The summed E-state index contributed by atoms with van der Waals surface area (Å²) in [4.78, 5) is 35.4. The summed E-state index contributed by atoms with van der Waals surface area (Å²) in [5, 5.41) is 22.1. The highest BCUT2D eigenvalue weighted by Gasteiger charge is 2.16. The summed E-state index contributed by atoms with van der Waals surface area (Å²) >= 11 is 0. The number of aryl methyl sites for hydroxylation is 1. The van der Waals surface area contributed by atoms with Crippen molar-refractivity contribution >= 4 is 17.4 Å². The maximum absolute atomic E-state index is 12.8. The number of nitrogens with zero attached hydrogens (tertiary/aromatic N) is 5. The van der Waals surface area contributed by atoms with Crippen molar-refractivity contribution in [2.75, 3.05) is 5.32 Å². The fourth-order valence-electron chi connectivity index (χ4n) is 2.97. The maximum atomic E-state index is 12.8. The first-order valence-corrected chi connectivity index (χ1v) is 9.21. The zero-order valence-electron chi connectivity index (χ0n) is 16.3. The van der Waals surface area contributed by atoms with Gasteiger partial charge in [0, 0.05) is 24.3 Å². The van der Waals surface area contributed by atoms with Crippen molar-refractivity contribution in [3.8, 4) is 11.4 Å². The van der Waals surface area contributed by atoms with Gasteiger partial charge < -0.3 is 5.32 Å². The van der Waals surface area contributed by atoms with Crippen LogP contribution in [0.15, 0.2) is 77.6 Å². The van der Waals surface area contributed by atoms with Gasteiger partial charge in [-0.05, 0) is 37.3 Å². The lowest BCUT2D eigenvalue weighted by atomic mass is 10.3. The van der Waals surface area contributed by atoms with Crippen molar-refractivity contribution in [1.82, 2.24) is 19.6 Å². The molecule has 2 heterocycles. The lowest BCUT2D eigenvalue weighted by Crippen LogP contribution is -2.25. The van der Waals surface area contributed by atoms with Crippen LogP contribution in [0.2, 0.25) is 0 Å². The average molecular weight is 416 g/mol. The summed E-state index contributed by atoms with van der Waals surface area (Å²) in [6.07, 6.45) is 0. The van der Waals surface area contributed by atoms with Crippen molar-refractivity contribution in [2.45, 2.75) is 6.92 Å². The van der Waals surface area contributed by atoms with Gasteiger partial charge >= 0.3 is 0 Å². The Hall–Kier alpha value is -4.60. The molecule has 1 N–H and O–H groups in total. The Balaban J connectivity index is 1.64. The quantitative estimate of drug-likeness (QED) is 0.394. The Labute approximate surface area is 175 Å². The van der Waals surface area contributed by atoms with E-state index in [1.165, 1.54) is 41.1 Å². The molecule has 0 saturated carbocycles. The number of nitro groups is 1. The summed E-state index contributed by atoms with van der Waals surface area (Å²) in [6, 6.07) is 18.8. The normalized spacial score (nSPS) is 10.6. The molecule has 0 spiro atoms. The minimum absolute atomic E-state index is 0.0394. The van der Waals surface area contributed by atoms with Crippen LogP contribution in [0.5, 0.6) is 0 Å². The molecule has 0 unspecified atom stereocenters. The number of nitrogens with one attached hydrogen (secondary N) is 1. The largest absolute Gasteiger partial charge is 0.305 e. The Morgan fingerprint density at radius 1 is 0.935 bits per heavy atom. The molecule has 0 atom stereocenters. The zero-order valence-corrected chi connectivity index (χ0v) is 16.3. The highest BCUT2D eigenvalue weighted by atomic mass is 16.6. The third kappa shape index (κ3) is 4.08. The topological polar surface area (TPSA) is 125 Å². The molecule has 0 fully saturated rings. The first-order valence-electron chi connectivity index (χ1n) is 9.21. The minimum Gasteiger partial charge on any atom is -0.305 e. The van der Waals surface area contributed by atoms with Crippen LogP contribution in [-0.2, 0) is 0 Å². The van der Waals surface area contributed by atoms with Crippen LogP contribution in [0, 0.1) is 17.0 Å². The highest BCUT2D eigenvalue weighted by molar-refractivity contribution is 6.02. The lowest BCUT2D eigenvalue weighted by Gasteiger charge is -2.10. The number of hydrogen-bond acceptors (Lipinski definition) is 6. The monoisotopic (exact) mass is 416 g/mol. The summed E-state index contributed by atoms with van der Waals surface area (Å²) in [5.41, 5.74) is 1.33. The molecule has 10 nitrogen and oxygen atoms in total. The molecule has 0 aliphatic rings. The predicted octanol–water partition coefficient (Wildman–Crippen LogP) is 2.89. The highest BCUT2D eigenvalue weighted by Crippen LogP contribution is 2.20. The van der Waals surface area contributed by atoms with E-state index in [0.29, 0.717) is 22.9 Å². The lowest BCUT2D eigenvalue weighted by molar-refractivity contribution is -0.384. The SMILES string of the molecule is Cc1cc(NC(=O)c2ccc(=O)n(-c3ccccc3)n2)n(-c2ccc([N+](=O)[O-])cc2)n1. The molecule has 0 aliphatic heterocycles. The number of amides is 1. The third-order valence-electron chi connectivity index (χ3n) is 4.41.